The molecule has 0 amide bonds. The predicted octanol–water partition coefficient (Wildman–Crippen LogP) is 5.91. The van der Waals surface area contributed by atoms with Gasteiger partial charge in [-0.25, -0.2) is 14.6 Å². The first-order valence-electron chi connectivity index (χ1n) is 24.3. The molecule has 2 heterocycles. The molecule has 7 unspecified atom stereocenters. The largest absolute Gasteiger partial charge is 0.481 e. The van der Waals surface area contributed by atoms with Crippen LogP contribution in [0.5, 0.6) is 0 Å². The Balaban J connectivity index is 1.01. The molecule has 13 heteroatoms. The maximum atomic E-state index is 13.1. The van der Waals surface area contributed by atoms with Crippen molar-refractivity contribution in [2.24, 2.45) is 27.7 Å². The van der Waals surface area contributed by atoms with E-state index in [4.69, 9.17) is 21.7 Å². The van der Waals surface area contributed by atoms with Gasteiger partial charge in [0.15, 0.2) is 10.8 Å². The average molecular weight is 858 g/mol. The lowest BCUT2D eigenvalue weighted by atomic mass is 9.63. The van der Waals surface area contributed by atoms with Gasteiger partial charge in [-0.15, -0.1) is 0 Å². The number of carboxylic acid groups (broad SMARTS) is 1. The Labute approximate surface area is 369 Å². The highest BCUT2D eigenvalue weighted by Gasteiger charge is 2.49. The number of carbonyl (C=O) groups is 1. The summed E-state index contributed by atoms with van der Waals surface area (Å²) in [5.41, 5.74) is 4.43. The van der Waals surface area contributed by atoms with E-state index < -0.39 is 11.9 Å². The monoisotopic (exact) mass is 858 g/mol. The van der Waals surface area contributed by atoms with Crippen molar-refractivity contribution in [2.45, 2.75) is 141 Å². The number of carboxylic acids is 1. The van der Waals surface area contributed by atoms with Crippen LogP contribution in [0.4, 0.5) is 0 Å². The number of quaternary nitrogens is 2. The maximum Gasteiger partial charge on any atom is 0.307 e. The summed E-state index contributed by atoms with van der Waals surface area (Å²) >= 11 is 5.79. The lowest BCUT2D eigenvalue weighted by molar-refractivity contribution is -0.916. The van der Waals surface area contributed by atoms with E-state index in [0.29, 0.717) is 23.5 Å². The molecule has 4 fully saturated rings. The second-order valence-corrected chi connectivity index (χ2v) is 19.9. The lowest BCUT2D eigenvalue weighted by Crippen LogP contribution is -2.52. The fraction of sp³-hybridized carbons (Fsp3) is 0.872. The SMILES string of the molecule is CCNC1CCC2C(C3CCC(NC(=S)NCCC[N+](C)(C)CCCCCCN=C=NCCC[N+]4(C)CCOCC4)CC3C(=O)O)=C3CCC(=[N+](CC)CC)CC3OC2C1. The Hall–Kier alpha value is -2.25. The minimum Gasteiger partial charge on any atom is -0.481 e. The zero-order chi connectivity index (χ0) is 43.0. The number of rotatable bonds is 22. The van der Waals surface area contributed by atoms with Crippen molar-refractivity contribution in [1.29, 1.82) is 0 Å². The fourth-order valence-electron chi connectivity index (χ4n) is 11.1. The third kappa shape index (κ3) is 14.7. The molecule has 60 heavy (non-hydrogen) atoms. The number of unbranched alkanes of at least 4 members (excludes halogenated alkanes) is 3. The number of hydrogen-bond acceptors (Lipinski definition) is 7. The van der Waals surface area contributed by atoms with Gasteiger partial charge in [0.1, 0.15) is 26.2 Å². The maximum absolute atomic E-state index is 13.1. The summed E-state index contributed by atoms with van der Waals surface area (Å²) in [5, 5.41) is 22.1. The van der Waals surface area contributed by atoms with Crippen molar-refractivity contribution in [3.05, 3.63) is 11.1 Å². The highest BCUT2D eigenvalue weighted by molar-refractivity contribution is 7.80. The van der Waals surface area contributed by atoms with Gasteiger partial charge < -0.3 is 39.5 Å². The van der Waals surface area contributed by atoms with Gasteiger partial charge >= 0.3 is 5.97 Å². The van der Waals surface area contributed by atoms with E-state index in [2.05, 4.69) is 78.4 Å². The van der Waals surface area contributed by atoms with Gasteiger partial charge in [-0.1, -0.05) is 18.9 Å². The zero-order valence-corrected chi connectivity index (χ0v) is 39.5. The number of hydrogen-bond donors (Lipinski definition) is 4. The van der Waals surface area contributed by atoms with Crippen LogP contribution in [0.1, 0.15) is 117 Å². The molecular formula is C47H85N8O4S+3. The van der Waals surface area contributed by atoms with Crippen LogP contribution in [0, 0.1) is 17.8 Å². The quantitative estimate of drug-likeness (QED) is 0.0266. The minimum atomic E-state index is -0.662. The number of aliphatic imine (C=N–C) groups is 2. The number of nitrogens with one attached hydrogen (secondary N) is 3. The summed E-state index contributed by atoms with van der Waals surface area (Å²) in [5.74, 6) is -0.671. The van der Waals surface area contributed by atoms with Crippen LogP contribution in [0.15, 0.2) is 21.1 Å². The van der Waals surface area contributed by atoms with Crippen LogP contribution in [0.3, 0.4) is 0 Å². The van der Waals surface area contributed by atoms with E-state index >= 15 is 0 Å². The van der Waals surface area contributed by atoms with Gasteiger partial charge in [0, 0.05) is 50.4 Å². The Bertz CT molecular complexity index is 1500. The number of nitrogens with zero attached hydrogens (tertiary/aromatic N) is 5. The normalized spacial score (nSPS) is 27.9. The third-order valence-electron chi connectivity index (χ3n) is 14.7. The average Bonchev–Trinajstić information content (AvgIpc) is 3.22. The second-order valence-electron chi connectivity index (χ2n) is 19.5. The molecule has 5 aliphatic rings. The number of likely N-dealkylation sites (N-methyl/N-ethyl adjacent to an activating group) is 1. The predicted molar refractivity (Wildman–Crippen MR) is 247 cm³/mol. The van der Waals surface area contributed by atoms with Crippen LogP contribution in [0.2, 0.25) is 0 Å². The molecule has 12 nitrogen and oxygen atoms in total. The molecule has 1 saturated heterocycles. The molecule has 5 rings (SSSR count). The molecule has 3 saturated carbocycles. The topological polar surface area (TPSA) is 120 Å². The molecule has 0 radical (unpaired) electrons. The van der Waals surface area contributed by atoms with Crippen LogP contribution in [-0.4, -0.2) is 172 Å². The molecule has 0 spiro atoms. The highest BCUT2D eigenvalue weighted by atomic mass is 32.1. The molecular weight excluding hydrogens is 773 g/mol. The molecule has 0 aromatic rings. The zero-order valence-electron chi connectivity index (χ0n) is 38.7. The minimum absolute atomic E-state index is 0.0679. The number of fused-ring (bicyclic) bond motifs is 2. The number of ether oxygens (including phenoxy) is 2. The summed E-state index contributed by atoms with van der Waals surface area (Å²) in [6, 6.07) is 3.46. The standard InChI is InChI=1S/C47H82N8O4S/c1-7-50-36-16-20-40-43(33-36)59-44-34-38(53(8-2)9-3)18-21-41(44)45(40)39-19-17-37(32-42(39)46(56)57)52-47(60)51-24-15-26-54(4,5)25-13-11-10-12-22-48-35-49-23-14-27-55(6)28-30-58-31-29-55/h36-37,39-40,42-44,50H,7-34H2,1-6H3/p+3. The summed E-state index contributed by atoms with van der Waals surface area (Å²) in [6.07, 6.45) is 15.8. The van der Waals surface area contributed by atoms with Gasteiger partial charge in [-0.3, -0.25) is 4.79 Å². The molecule has 3 aliphatic carbocycles. The number of thiocarbonyl (C=S) groups is 1. The first-order chi connectivity index (χ1) is 29.0. The van der Waals surface area contributed by atoms with E-state index in [9.17, 15) is 9.90 Å². The van der Waals surface area contributed by atoms with E-state index in [-0.39, 0.29) is 24.2 Å². The molecule has 7 atom stereocenters. The summed E-state index contributed by atoms with van der Waals surface area (Å²) < 4.78 is 17.1. The Morgan fingerprint density at radius 3 is 2.35 bits per heavy atom. The lowest BCUT2D eigenvalue weighted by Gasteiger charge is -2.49. The van der Waals surface area contributed by atoms with Crippen molar-refractivity contribution in [3.8, 4) is 0 Å². The second kappa shape index (κ2) is 24.6. The Morgan fingerprint density at radius 2 is 1.62 bits per heavy atom. The molecule has 0 aromatic heterocycles. The van der Waals surface area contributed by atoms with Gasteiger partial charge in [-0.05, 0) is 108 Å². The Morgan fingerprint density at radius 1 is 0.917 bits per heavy atom. The van der Waals surface area contributed by atoms with E-state index in [0.717, 1.165) is 165 Å². The molecule has 0 aromatic carbocycles. The van der Waals surface area contributed by atoms with Crippen LogP contribution in [0.25, 0.3) is 0 Å². The summed E-state index contributed by atoms with van der Waals surface area (Å²) in [7, 11) is 6.97. The van der Waals surface area contributed by atoms with Gasteiger partial charge in [0.05, 0.1) is 91.1 Å². The molecule has 340 valence electrons. The van der Waals surface area contributed by atoms with Crippen molar-refractivity contribution in [2.75, 3.05) is 106 Å². The van der Waals surface area contributed by atoms with Crippen LogP contribution < -0.4 is 16.0 Å². The molecule has 4 N–H and O–H groups in total. The van der Waals surface area contributed by atoms with Crippen molar-refractivity contribution >= 4 is 35.0 Å². The van der Waals surface area contributed by atoms with E-state index in [1.54, 1.807) is 0 Å². The molecule has 2 aliphatic heterocycles. The molecule has 0 bridgehead atoms. The Kier molecular flexibility index (Phi) is 20.0. The van der Waals surface area contributed by atoms with Crippen molar-refractivity contribution in [3.63, 3.8) is 0 Å². The number of morpholine rings is 1. The van der Waals surface area contributed by atoms with Gasteiger partial charge in [0.2, 0.25) is 0 Å². The van der Waals surface area contributed by atoms with Gasteiger partial charge in [0.25, 0.3) is 0 Å². The van der Waals surface area contributed by atoms with E-state index in [1.165, 1.54) is 36.1 Å². The first-order valence-corrected chi connectivity index (χ1v) is 24.7. The number of aliphatic carboxylic acids is 1. The fourth-order valence-corrected chi connectivity index (χ4v) is 11.4. The highest BCUT2D eigenvalue weighted by Crippen LogP contribution is 2.50. The summed E-state index contributed by atoms with van der Waals surface area (Å²) in [4.78, 5) is 21.9. The smallest absolute Gasteiger partial charge is 0.307 e. The summed E-state index contributed by atoms with van der Waals surface area (Å²) in [6.45, 7) is 19.5. The van der Waals surface area contributed by atoms with Crippen molar-refractivity contribution < 1.29 is 32.9 Å². The van der Waals surface area contributed by atoms with Gasteiger partial charge in [-0.2, -0.15) is 0 Å². The van der Waals surface area contributed by atoms with Crippen LogP contribution >= 0.6 is 12.2 Å². The van der Waals surface area contributed by atoms with Crippen molar-refractivity contribution in [1.82, 2.24) is 16.0 Å². The third-order valence-corrected chi connectivity index (χ3v) is 14.9. The van der Waals surface area contributed by atoms with Crippen LogP contribution in [-0.2, 0) is 14.3 Å². The first kappa shape index (κ1) is 48.8. The van der Waals surface area contributed by atoms with E-state index in [1.807, 2.05) is 0 Å².